The van der Waals surface area contributed by atoms with E-state index in [1.165, 1.54) is 12.1 Å². The van der Waals surface area contributed by atoms with Gasteiger partial charge in [-0.15, -0.1) is 0 Å². The fourth-order valence-corrected chi connectivity index (χ4v) is 3.58. The van der Waals surface area contributed by atoms with Gasteiger partial charge in [-0.1, -0.05) is 36.4 Å². The third-order valence-electron chi connectivity index (χ3n) is 4.14. The highest BCUT2D eigenvalue weighted by Crippen LogP contribution is 2.33. The van der Waals surface area contributed by atoms with E-state index in [-0.39, 0.29) is 23.2 Å². The highest BCUT2D eigenvalue weighted by Gasteiger charge is 2.27. The van der Waals surface area contributed by atoms with Gasteiger partial charge < -0.3 is 9.47 Å². The van der Waals surface area contributed by atoms with Crippen molar-refractivity contribution in [3.8, 4) is 23.0 Å². The summed E-state index contributed by atoms with van der Waals surface area (Å²) in [5.41, 5.74) is 1.81. The van der Waals surface area contributed by atoms with Crippen molar-refractivity contribution in [2.45, 2.75) is 18.7 Å². The Morgan fingerprint density at radius 1 is 1.03 bits per heavy atom. The summed E-state index contributed by atoms with van der Waals surface area (Å²) in [5, 5.41) is 0. The van der Waals surface area contributed by atoms with Gasteiger partial charge in [0.05, 0.1) is 29.5 Å². The van der Waals surface area contributed by atoms with Crippen molar-refractivity contribution in [1.82, 2.24) is 9.55 Å². The van der Waals surface area contributed by atoms with E-state index in [4.69, 9.17) is 9.47 Å². The molecule has 0 spiro atoms. The molecule has 2 aromatic carbocycles. The second kappa shape index (κ2) is 8.48. The Bertz CT molecular complexity index is 1120. The van der Waals surface area contributed by atoms with Crippen LogP contribution in [0.3, 0.4) is 0 Å². The molecule has 8 heteroatoms. The summed E-state index contributed by atoms with van der Waals surface area (Å²) >= 11 is 0. The molecule has 1 heterocycles. The Morgan fingerprint density at radius 2 is 1.76 bits per heavy atom. The van der Waals surface area contributed by atoms with Gasteiger partial charge in [0.1, 0.15) is 0 Å². The Balaban J connectivity index is 2.34. The van der Waals surface area contributed by atoms with Crippen LogP contribution in [0.15, 0.2) is 59.5 Å². The van der Waals surface area contributed by atoms with Gasteiger partial charge in [0.15, 0.2) is 15.5 Å². The van der Waals surface area contributed by atoms with Crippen LogP contribution in [0.1, 0.15) is 24.3 Å². The number of nitrogens with zero attached hydrogens (tertiary/aromatic N) is 2. The molecule has 0 radical (unpaired) electrons. The molecule has 0 aliphatic heterocycles. The molecule has 3 aromatic rings. The standard InChI is InChI=1S/C21H22N2O5S/c1-4-27-20(24)18-19(15-10-7-6-8-11-15)23(21(22-18)28-5-2)16-12-9-13-17(14-16)29(3,25)26/h6-14H,4-5H2,1-3H3. The maximum Gasteiger partial charge on any atom is 0.359 e. The van der Waals surface area contributed by atoms with Gasteiger partial charge in [-0.2, -0.15) is 4.98 Å². The molecule has 1 aromatic heterocycles. The van der Waals surface area contributed by atoms with E-state index in [2.05, 4.69) is 4.98 Å². The third-order valence-corrected chi connectivity index (χ3v) is 5.25. The lowest BCUT2D eigenvalue weighted by Crippen LogP contribution is -2.08. The van der Waals surface area contributed by atoms with Gasteiger partial charge in [-0.25, -0.2) is 13.2 Å². The molecular formula is C21H22N2O5S. The van der Waals surface area contributed by atoms with Crippen molar-refractivity contribution in [3.63, 3.8) is 0 Å². The van der Waals surface area contributed by atoms with Gasteiger partial charge in [0, 0.05) is 11.8 Å². The summed E-state index contributed by atoms with van der Waals surface area (Å²) in [6.07, 6.45) is 1.14. The van der Waals surface area contributed by atoms with Crippen molar-refractivity contribution in [3.05, 3.63) is 60.3 Å². The van der Waals surface area contributed by atoms with E-state index in [1.807, 2.05) is 30.3 Å². The zero-order chi connectivity index (χ0) is 21.0. The van der Waals surface area contributed by atoms with Crippen LogP contribution in [-0.4, -0.2) is 43.4 Å². The van der Waals surface area contributed by atoms with E-state index < -0.39 is 15.8 Å². The normalized spacial score (nSPS) is 11.3. The molecule has 3 rings (SSSR count). The molecule has 0 atom stereocenters. The van der Waals surface area contributed by atoms with Crippen molar-refractivity contribution in [2.24, 2.45) is 0 Å². The van der Waals surface area contributed by atoms with Crippen LogP contribution in [0.5, 0.6) is 6.01 Å². The number of hydrogen-bond acceptors (Lipinski definition) is 6. The fraction of sp³-hybridized carbons (Fsp3) is 0.238. The summed E-state index contributed by atoms with van der Waals surface area (Å²) in [6, 6.07) is 15.8. The Morgan fingerprint density at radius 3 is 2.38 bits per heavy atom. The Labute approximate surface area is 169 Å². The summed E-state index contributed by atoms with van der Waals surface area (Å²) in [4.78, 5) is 17.2. The fourth-order valence-electron chi connectivity index (χ4n) is 2.92. The van der Waals surface area contributed by atoms with Crippen LogP contribution in [-0.2, 0) is 14.6 Å². The van der Waals surface area contributed by atoms with Crippen LogP contribution >= 0.6 is 0 Å². The van der Waals surface area contributed by atoms with Crippen LogP contribution in [0.4, 0.5) is 0 Å². The van der Waals surface area contributed by atoms with Crippen LogP contribution < -0.4 is 4.74 Å². The zero-order valence-electron chi connectivity index (χ0n) is 16.5. The number of aromatic nitrogens is 2. The van der Waals surface area contributed by atoms with E-state index in [0.29, 0.717) is 18.0 Å². The molecular weight excluding hydrogens is 392 g/mol. The molecule has 0 aliphatic carbocycles. The predicted octanol–water partition coefficient (Wildman–Crippen LogP) is 3.52. The quantitative estimate of drug-likeness (QED) is 0.550. The summed E-state index contributed by atoms with van der Waals surface area (Å²) in [7, 11) is -3.42. The molecule has 0 bridgehead atoms. The molecule has 0 saturated carbocycles. The minimum absolute atomic E-state index is 0.103. The number of carbonyl (C=O) groups is 1. The van der Waals surface area contributed by atoms with E-state index in [0.717, 1.165) is 11.8 Å². The lowest BCUT2D eigenvalue weighted by Gasteiger charge is -2.13. The topological polar surface area (TPSA) is 87.5 Å². The second-order valence-corrected chi connectivity index (χ2v) is 8.23. The predicted molar refractivity (Wildman–Crippen MR) is 109 cm³/mol. The summed E-state index contributed by atoms with van der Waals surface area (Å²) in [5.74, 6) is -0.578. The maximum atomic E-state index is 12.6. The lowest BCUT2D eigenvalue weighted by atomic mass is 10.1. The van der Waals surface area contributed by atoms with Crippen LogP contribution in [0.2, 0.25) is 0 Å². The van der Waals surface area contributed by atoms with Crippen LogP contribution in [0.25, 0.3) is 16.9 Å². The monoisotopic (exact) mass is 414 g/mol. The molecule has 0 amide bonds. The molecule has 0 saturated heterocycles. The highest BCUT2D eigenvalue weighted by atomic mass is 32.2. The van der Waals surface area contributed by atoms with Gasteiger partial charge in [0.25, 0.3) is 0 Å². The molecule has 29 heavy (non-hydrogen) atoms. The average Bonchev–Trinajstić information content (AvgIpc) is 3.08. The Kier molecular flexibility index (Phi) is 6.03. The first-order valence-corrected chi connectivity index (χ1v) is 11.0. The number of imidazole rings is 1. The third kappa shape index (κ3) is 4.32. The highest BCUT2D eigenvalue weighted by molar-refractivity contribution is 7.90. The summed E-state index contributed by atoms with van der Waals surface area (Å²) < 4.78 is 36.6. The zero-order valence-corrected chi connectivity index (χ0v) is 17.3. The van der Waals surface area contributed by atoms with Crippen molar-refractivity contribution in [2.75, 3.05) is 19.5 Å². The van der Waals surface area contributed by atoms with Gasteiger partial charge in [-0.3, -0.25) is 4.57 Å². The van der Waals surface area contributed by atoms with E-state index in [1.54, 1.807) is 30.5 Å². The van der Waals surface area contributed by atoms with Crippen molar-refractivity contribution < 1.29 is 22.7 Å². The first-order valence-electron chi connectivity index (χ1n) is 9.15. The van der Waals surface area contributed by atoms with Crippen molar-refractivity contribution in [1.29, 1.82) is 0 Å². The van der Waals surface area contributed by atoms with E-state index >= 15 is 0 Å². The number of sulfone groups is 1. The molecule has 0 fully saturated rings. The molecule has 7 nitrogen and oxygen atoms in total. The largest absolute Gasteiger partial charge is 0.465 e. The van der Waals surface area contributed by atoms with E-state index in [9.17, 15) is 13.2 Å². The first-order chi connectivity index (χ1) is 13.9. The van der Waals surface area contributed by atoms with Crippen molar-refractivity contribution >= 4 is 15.8 Å². The first kappa shape index (κ1) is 20.6. The van der Waals surface area contributed by atoms with Gasteiger partial charge in [-0.05, 0) is 32.0 Å². The Hall–Kier alpha value is -3.13. The number of benzene rings is 2. The number of carbonyl (C=O) groups excluding carboxylic acids is 1. The lowest BCUT2D eigenvalue weighted by molar-refractivity contribution is 0.0520. The minimum atomic E-state index is -3.42. The molecule has 0 N–H and O–H groups in total. The summed E-state index contributed by atoms with van der Waals surface area (Å²) in [6.45, 7) is 4.04. The number of hydrogen-bond donors (Lipinski definition) is 0. The second-order valence-electron chi connectivity index (χ2n) is 6.22. The smallest absolute Gasteiger partial charge is 0.359 e. The minimum Gasteiger partial charge on any atom is -0.465 e. The molecule has 0 unspecified atom stereocenters. The van der Waals surface area contributed by atoms with Crippen LogP contribution in [0, 0.1) is 0 Å². The number of esters is 1. The maximum absolute atomic E-state index is 12.6. The number of ether oxygens (including phenoxy) is 2. The SMILES string of the molecule is CCOC(=O)c1nc(OCC)n(-c2cccc(S(C)(=O)=O)c2)c1-c1ccccc1. The number of rotatable bonds is 7. The van der Waals surface area contributed by atoms with Gasteiger partial charge >= 0.3 is 12.0 Å². The molecule has 0 aliphatic rings. The van der Waals surface area contributed by atoms with Gasteiger partial charge in [0.2, 0.25) is 0 Å². The molecule has 152 valence electrons. The average molecular weight is 414 g/mol.